The molecule has 0 radical (unpaired) electrons. The molecule has 1 aromatic carbocycles. The zero-order chi connectivity index (χ0) is 12.6. The lowest BCUT2D eigenvalue weighted by Gasteiger charge is -2.33. The summed E-state index contributed by atoms with van der Waals surface area (Å²) in [6.45, 7) is 4.19. The summed E-state index contributed by atoms with van der Waals surface area (Å²) in [5.41, 5.74) is 1.64. The minimum Gasteiger partial charge on any atom is -0.389 e. The first-order chi connectivity index (χ1) is 7.87. The number of benzene rings is 1. The number of allylic oxidation sites excluding steroid dienone is 1. The molecule has 1 atom stereocenters. The van der Waals surface area contributed by atoms with Crippen LogP contribution in [0.1, 0.15) is 32.3 Å². The van der Waals surface area contributed by atoms with E-state index in [9.17, 15) is 9.50 Å². The van der Waals surface area contributed by atoms with Gasteiger partial charge >= 0.3 is 0 Å². The Morgan fingerprint density at radius 1 is 1.41 bits per heavy atom. The molecule has 0 amide bonds. The highest BCUT2D eigenvalue weighted by Crippen LogP contribution is 2.41. The number of rotatable bonds is 1. The second kappa shape index (κ2) is 4.43. The second-order valence-electron chi connectivity index (χ2n) is 5.43. The van der Waals surface area contributed by atoms with Crippen LogP contribution in [0.5, 0.6) is 0 Å². The normalized spacial score (nSPS) is 23.4. The maximum Gasteiger partial charge on any atom is 0.123 e. The third-order valence-electron chi connectivity index (χ3n) is 3.10. The molecule has 3 heteroatoms. The van der Waals surface area contributed by atoms with Gasteiger partial charge in [-0.15, -0.1) is 0 Å². The molecule has 0 aliphatic heterocycles. The van der Waals surface area contributed by atoms with Gasteiger partial charge in [0.2, 0.25) is 0 Å². The standard InChI is InChI=1S/C14H16ClFO/c1-14(2)7-9(5-11(17)8-14)12-6-10(16)3-4-13(12)15/h3-6,11,17H,7-8H2,1-2H3. The Balaban J connectivity index is 2.43. The summed E-state index contributed by atoms with van der Waals surface area (Å²) in [7, 11) is 0. The molecule has 0 saturated heterocycles. The molecular formula is C14H16ClFO. The molecule has 1 nitrogen and oxygen atoms in total. The Morgan fingerprint density at radius 2 is 2.12 bits per heavy atom. The van der Waals surface area contributed by atoms with E-state index >= 15 is 0 Å². The SMILES string of the molecule is CC1(C)CC(c2cc(F)ccc2Cl)=CC(O)C1. The minimum atomic E-state index is -0.479. The van der Waals surface area contributed by atoms with Gasteiger partial charge in [-0.2, -0.15) is 0 Å². The van der Waals surface area contributed by atoms with Crippen LogP contribution in [0, 0.1) is 11.2 Å². The van der Waals surface area contributed by atoms with E-state index in [1.165, 1.54) is 12.1 Å². The van der Waals surface area contributed by atoms with Crippen LogP contribution in [-0.2, 0) is 0 Å². The van der Waals surface area contributed by atoms with E-state index in [0.29, 0.717) is 10.6 Å². The van der Waals surface area contributed by atoms with Crippen LogP contribution in [0.3, 0.4) is 0 Å². The topological polar surface area (TPSA) is 20.2 Å². The molecule has 92 valence electrons. The van der Waals surface area contributed by atoms with Gasteiger partial charge in [0, 0.05) is 5.02 Å². The molecule has 1 aliphatic rings. The van der Waals surface area contributed by atoms with Gasteiger partial charge in [0.25, 0.3) is 0 Å². The number of aliphatic hydroxyl groups is 1. The van der Waals surface area contributed by atoms with Gasteiger partial charge < -0.3 is 5.11 Å². The molecule has 1 aliphatic carbocycles. The molecule has 2 rings (SSSR count). The van der Waals surface area contributed by atoms with E-state index in [4.69, 9.17) is 11.6 Å². The highest BCUT2D eigenvalue weighted by atomic mass is 35.5. The Hall–Kier alpha value is -0.860. The minimum absolute atomic E-state index is 0.0130. The molecular weight excluding hydrogens is 239 g/mol. The summed E-state index contributed by atoms with van der Waals surface area (Å²) in [5, 5.41) is 10.4. The Morgan fingerprint density at radius 3 is 2.76 bits per heavy atom. The predicted molar refractivity (Wildman–Crippen MR) is 68.4 cm³/mol. The molecule has 1 aromatic rings. The highest BCUT2D eigenvalue weighted by Gasteiger charge is 2.28. The van der Waals surface area contributed by atoms with Crippen molar-refractivity contribution in [1.82, 2.24) is 0 Å². The second-order valence-corrected chi connectivity index (χ2v) is 5.84. The average Bonchev–Trinajstić information content (AvgIpc) is 2.18. The van der Waals surface area contributed by atoms with Crippen LogP contribution >= 0.6 is 11.6 Å². The zero-order valence-electron chi connectivity index (χ0n) is 10.0. The van der Waals surface area contributed by atoms with Crippen LogP contribution in [0.25, 0.3) is 5.57 Å². The van der Waals surface area contributed by atoms with Gasteiger partial charge in [0.05, 0.1) is 6.10 Å². The quantitative estimate of drug-likeness (QED) is 0.802. The summed E-state index contributed by atoms with van der Waals surface area (Å²) in [6, 6.07) is 4.33. The Bertz CT molecular complexity index is 465. The van der Waals surface area contributed by atoms with Crippen molar-refractivity contribution in [1.29, 1.82) is 0 Å². The number of hydrogen-bond acceptors (Lipinski definition) is 1. The Labute approximate surface area is 106 Å². The van der Waals surface area contributed by atoms with E-state index in [1.54, 1.807) is 12.1 Å². The lowest BCUT2D eigenvalue weighted by Crippen LogP contribution is -2.24. The van der Waals surface area contributed by atoms with Crippen molar-refractivity contribution >= 4 is 17.2 Å². The molecule has 1 unspecified atom stereocenters. The maximum absolute atomic E-state index is 13.2. The van der Waals surface area contributed by atoms with Crippen LogP contribution in [-0.4, -0.2) is 11.2 Å². The lowest BCUT2D eigenvalue weighted by molar-refractivity contribution is 0.146. The predicted octanol–water partition coefficient (Wildman–Crippen LogP) is 4.04. The Kier molecular flexibility index (Phi) is 3.28. The van der Waals surface area contributed by atoms with Crippen molar-refractivity contribution in [3.8, 4) is 0 Å². The third kappa shape index (κ3) is 2.88. The maximum atomic E-state index is 13.2. The van der Waals surface area contributed by atoms with E-state index < -0.39 is 6.10 Å². The van der Waals surface area contributed by atoms with Gasteiger partial charge in [-0.25, -0.2) is 4.39 Å². The molecule has 0 heterocycles. The van der Waals surface area contributed by atoms with Crippen molar-refractivity contribution in [2.45, 2.75) is 32.8 Å². The van der Waals surface area contributed by atoms with Crippen molar-refractivity contribution in [3.63, 3.8) is 0 Å². The van der Waals surface area contributed by atoms with Crippen LogP contribution in [0.4, 0.5) is 4.39 Å². The summed E-state index contributed by atoms with van der Waals surface area (Å²) < 4.78 is 13.2. The van der Waals surface area contributed by atoms with Gasteiger partial charge in [-0.3, -0.25) is 0 Å². The first-order valence-electron chi connectivity index (χ1n) is 5.72. The van der Waals surface area contributed by atoms with Crippen molar-refractivity contribution in [2.24, 2.45) is 5.41 Å². The molecule has 1 N–H and O–H groups in total. The highest BCUT2D eigenvalue weighted by molar-refractivity contribution is 6.32. The monoisotopic (exact) mass is 254 g/mol. The molecule has 0 saturated carbocycles. The third-order valence-corrected chi connectivity index (χ3v) is 3.43. The summed E-state index contributed by atoms with van der Waals surface area (Å²) in [6.07, 6.45) is 2.83. The first-order valence-corrected chi connectivity index (χ1v) is 6.09. The van der Waals surface area contributed by atoms with Crippen molar-refractivity contribution < 1.29 is 9.50 Å². The summed E-state index contributed by atoms with van der Waals surface area (Å²) in [5.74, 6) is -0.303. The van der Waals surface area contributed by atoms with Crippen LogP contribution in [0.15, 0.2) is 24.3 Å². The van der Waals surface area contributed by atoms with Gasteiger partial charge in [0.1, 0.15) is 5.82 Å². The average molecular weight is 255 g/mol. The summed E-state index contributed by atoms with van der Waals surface area (Å²) in [4.78, 5) is 0. The largest absolute Gasteiger partial charge is 0.389 e. The smallest absolute Gasteiger partial charge is 0.123 e. The fourth-order valence-corrected chi connectivity index (χ4v) is 2.67. The van der Waals surface area contributed by atoms with E-state index in [2.05, 4.69) is 13.8 Å². The molecule has 0 bridgehead atoms. The molecule has 0 spiro atoms. The first kappa shape index (κ1) is 12.6. The van der Waals surface area contributed by atoms with E-state index in [0.717, 1.165) is 18.4 Å². The van der Waals surface area contributed by atoms with Crippen LogP contribution in [0.2, 0.25) is 5.02 Å². The van der Waals surface area contributed by atoms with E-state index in [1.807, 2.05) is 0 Å². The summed E-state index contributed by atoms with van der Waals surface area (Å²) >= 11 is 6.08. The fraction of sp³-hybridized carbons (Fsp3) is 0.429. The van der Waals surface area contributed by atoms with Gasteiger partial charge in [-0.05, 0) is 47.6 Å². The van der Waals surface area contributed by atoms with Gasteiger partial charge in [-0.1, -0.05) is 31.5 Å². The fourth-order valence-electron chi connectivity index (χ4n) is 2.43. The molecule has 17 heavy (non-hydrogen) atoms. The van der Waals surface area contributed by atoms with E-state index in [-0.39, 0.29) is 11.2 Å². The zero-order valence-corrected chi connectivity index (χ0v) is 10.8. The van der Waals surface area contributed by atoms with Gasteiger partial charge in [0.15, 0.2) is 0 Å². The lowest BCUT2D eigenvalue weighted by atomic mass is 9.74. The number of hydrogen-bond donors (Lipinski definition) is 1. The number of halogens is 2. The molecule has 0 aromatic heterocycles. The molecule has 0 fully saturated rings. The van der Waals surface area contributed by atoms with Crippen molar-refractivity contribution in [3.05, 3.63) is 40.7 Å². The van der Waals surface area contributed by atoms with Crippen LogP contribution < -0.4 is 0 Å². The van der Waals surface area contributed by atoms with Crippen molar-refractivity contribution in [2.75, 3.05) is 0 Å². The number of aliphatic hydroxyl groups excluding tert-OH is 1.